The van der Waals surface area contributed by atoms with E-state index in [1.54, 1.807) is 0 Å². The van der Waals surface area contributed by atoms with Crippen molar-refractivity contribution in [3.63, 3.8) is 0 Å². The normalized spacial score (nSPS) is 15.0. The quantitative estimate of drug-likeness (QED) is 0.184. The van der Waals surface area contributed by atoms with E-state index in [9.17, 15) is 0 Å². The van der Waals surface area contributed by atoms with Gasteiger partial charge in [0.05, 0.1) is 27.5 Å². The van der Waals surface area contributed by atoms with E-state index in [1.165, 1.54) is 47.5 Å². The molecule has 11 rings (SSSR count). The number of nitrogens with zero attached hydrogens (tertiary/aromatic N) is 3. The van der Waals surface area contributed by atoms with Crippen LogP contribution in [0.25, 0.3) is 69.6 Å². The van der Waals surface area contributed by atoms with Gasteiger partial charge in [-0.3, -0.25) is 4.99 Å². The van der Waals surface area contributed by atoms with Crippen LogP contribution in [0.1, 0.15) is 29.2 Å². The Kier molecular flexibility index (Phi) is 6.21. The monoisotopic (exact) mass is 671 g/mol. The number of fused-ring (bicyclic) bond motifs is 10. The highest BCUT2D eigenvalue weighted by Crippen LogP contribution is 2.44. The average Bonchev–Trinajstić information content (AvgIpc) is 3.87. The lowest BCUT2D eigenvalue weighted by Crippen LogP contribution is -2.17. The Morgan fingerprint density at radius 3 is 2.24 bits per heavy atom. The zero-order valence-electron chi connectivity index (χ0n) is 27.5. The third-order valence-corrected chi connectivity index (χ3v) is 11.5. The van der Waals surface area contributed by atoms with E-state index in [0.717, 1.165) is 56.7 Å². The molecule has 0 radical (unpaired) electrons. The van der Waals surface area contributed by atoms with Gasteiger partial charge in [-0.2, -0.15) is 0 Å². The van der Waals surface area contributed by atoms with E-state index < -0.39 is 0 Å². The summed E-state index contributed by atoms with van der Waals surface area (Å²) in [5.41, 5.74) is 9.49. The molecular formula is C46H29N3OS. The van der Waals surface area contributed by atoms with Crippen LogP contribution in [0.5, 0.6) is 0 Å². The van der Waals surface area contributed by atoms with Crippen molar-refractivity contribution in [2.24, 2.45) is 9.98 Å². The summed E-state index contributed by atoms with van der Waals surface area (Å²) in [5.74, 6) is 0.737. The van der Waals surface area contributed by atoms with Crippen molar-refractivity contribution in [3.8, 4) is 5.69 Å². The number of rotatable bonds is 4. The van der Waals surface area contributed by atoms with Crippen LogP contribution < -0.4 is 0 Å². The van der Waals surface area contributed by atoms with Crippen molar-refractivity contribution in [1.82, 2.24) is 4.57 Å². The van der Waals surface area contributed by atoms with E-state index in [4.69, 9.17) is 14.4 Å². The van der Waals surface area contributed by atoms with Gasteiger partial charge in [0.15, 0.2) is 5.84 Å². The summed E-state index contributed by atoms with van der Waals surface area (Å²) in [5, 5.41) is 7.19. The maximum atomic E-state index is 6.69. The van der Waals surface area contributed by atoms with Gasteiger partial charge < -0.3 is 8.98 Å². The molecule has 0 saturated carbocycles. The zero-order chi connectivity index (χ0) is 33.5. The second-order valence-electron chi connectivity index (χ2n) is 13.3. The lowest BCUT2D eigenvalue weighted by atomic mass is 9.95. The highest BCUT2D eigenvalue weighted by atomic mass is 32.1. The van der Waals surface area contributed by atoms with Crippen LogP contribution >= 0.6 is 11.3 Å². The SMILES string of the molecule is c1ccc(C2=NC(c3cccc4oc5cc(-n6c7ccccc7c7ccc8c9ccccc9sc8c76)ccc5c34)=NC(c3ccccc3)C2)cc1. The zero-order valence-corrected chi connectivity index (χ0v) is 28.3. The summed E-state index contributed by atoms with van der Waals surface area (Å²) in [6.45, 7) is 0. The molecule has 1 unspecified atom stereocenters. The summed E-state index contributed by atoms with van der Waals surface area (Å²) < 4.78 is 11.7. The maximum Gasteiger partial charge on any atom is 0.156 e. The summed E-state index contributed by atoms with van der Waals surface area (Å²) in [6, 6.07) is 55.9. The summed E-state index contributed by atoms with van der Waals surface area (Å²) >= 11 is 1.87. The minimum absolute atomic E-state index is 0.0324. The number of aliphatic imine (C=N–C) groups is 2. The first-order valence-electron chi connectivity index (χ1n) is 17.3. The van der Waals surface area contributed by atoms with Gasteiger partial charge in [0.25, 0.3) is 0 Å². The molecule has 5 heteroatoms. The minimum atomic E-state index is -0.0324. The summed E-state index contributed by atoms with van der Waals surface area (Å²) in [7, 11) is 0. The molecule has 7 aromatic carbocycles. The first-order valence-corrected chi connectivity index (χ1v) is 18.2. The third kappa shape index (κ3) is 4.38. The van der Waals surface area contributed by atoms with Crippen LogP contribution in [0.4, 0.5) is 0 Å². The Hall–Kier alpha value is -6.30. The number of furan rings is 1. The number of aromatic nitrogens is 1. The third-order valence-electron chi connectivity index (χ3n) is 10.4. The van der Waals surface area contributed by atoms with E-state index in [2.05, 4.69) is 156 Å². The van der Waals surface area contributed by atoms with Crippen LogP contribution in [0.15, 0.2) is 172 Å². The molecule has 4 heterocycles. The van der Waals surface area contributed by atoms with Gasteiger partial charge in [-0.1, -0.05) is 121 Å². The van der Waals surface area contributed by atoms with Gasteiger partial charge in [-0.15, -0.1) is 11.3 Å². The lowest BCUT2D eigenvalue weighted by Gasteiger charge is -2.21. The molecule has 0 aliphatic carbocycles. The molecule has 10 aromatic rings. The number of hydrogen-bond donors (Lipinski definition) is 0. The highest BCUT2D eigenvalue weighted by Gasteiger charge is 2.25. The molecule has 0 saturated heterocycles. The fourth-order valence-electron chi connectivity index (χ4n) is 8.03. The van der Waals surface area contributed by atoms with E-state index in [-0.39, 0.29) is 6.04 Å². The fourth-order valence-corrected chi connectivity index (χ4v) is 9.27. The highest BCUT2D eigenvalue weighted by molar-refractivity contribution is 7.26. The second-order valence-corrected chi connectivity index (χ2v) is 14.3. The van der Waals surface area contributed by atoms with Gasteiger partial charge in [-0.25, -0.2) is 4.99 Å². The molecule has 1 aliphatic rings. The van der Waals surface area contributed by atoms with E-state index >= 15 is 0 Å². The van der Waals surface area contributed by atoms with E-state index in [1.807, 2.05) is 17.4 Å². The van der Waals surface area contributed by atoms with Crippen LogP contribution in [-0.2, 0) is 0 Å². The largest absolute Gasteiger partial charge is 0.456 e. The van der Waals surface area contributed by atoms with Crippen molar-refractivity contribution in [2.75, 3.05) is 0 Å². The molecule has 0 fully saturated rings. The maximum absolute atomic E-state index is 6.69. The first kappa shape index (κ1) is 28.5. The molecule has 1 atom stereocenters. The Morgan fingerprint density at radius 1 is 0.608 bits per heavy atom. The van der Waals surface area contributed by atoms with E-state index in [0.29, 0.717) is 0 Å². The summed E-state index contributed by atoms with van der Waals surface area (Å²) in [4.78, 5) is 10.5. The number of hydrogen-bond acceptors (Lipinski definition) is 4. The Balaban J connectivity index is 1.13. The number of amidine groups is 1. The van der Waals surface area contributed by atoms with Crippen molar-refractivity contribution in [2.45, 2.75) is 12.5 Å². The second kappa shape index (κ2) is 11.1. The minimum Gasteiger partial charge on any atom is -0.456 e. The van der Waals surface area contributed by atoms with Crippen LogP contribution in [-0.4, -0.2) is 16.1 Å². The lowest BCUT2D eigenvalue weighted by molar-refractivity contribution is 0.668. The van der Waals surface area contributed by atoms with Gasteiger partial charge in [0.1, 0.15) is 11.2 Å². The molecule has 1 aliphatic heterocycles. The van der Waals surface area contributed by atoms with Crippen LogP contribution in [0.2, 0.25) is 0 Å². The van der Waals surface area contributed by atoms with Gasteiger partial charge in [0, 0.05) is 60.8 Å². The number of para-hydroxylation sites is 1. The average molecular weight is 672 g/mol. The molecule has 0 bridgehead atoms. The van der Waals surface area contributed by atoms with Crippen molar-refractivity contribution in [1.29, 1.82) is 0 Å². The van der Waals surface area contributed by atoms with Crippen molar-refractivity contribution in [3.05, 3.63) is 174 Å². The molecule has 0 spiro atoms. The Labute approximate surface area is 297 Å². The molecular weight excluding hydrogens is 643 g/mol. The van der Waals surface area contributed by atoms with Gasteiger partial charge in [0.2, 0.25) is 0 Å². The van der Waals surface area contributed by atoms with Crippen molar-refractivity contribution < 1.29 is 4.42 Å². The fraction of sp³-hybridized carbons (Fsp3) is 0.0435. The molecule has 0 N–H and O–H groups in total. The standard InChI is InChI=1S/C46H29N3OS/c1-3-12-28(13-4-1)37-27-38(29-14-5-2-6-15-29)48-46(47-37)36-18-11-20-40-43(36)35-23-22-30(26-41(35)50-40)49-39-19-9-7-16-31(39)33-24-25-34-32-17-8-10-21-42(32)51-45(34)44(33)49/h1-26,37H,27H2. The predicted molar refractivity (Wildman–Crippen MR) is 214 cm³/mol. The van der Waals surface area contributed by atoms with Gasteiger partial charge in [-0.05, 0) is 41.5 Å². The van der Waals surface area contributed by atoms with Crippen LogP contribution in [0.3, 0.4) is 0 Å². The van der Waals surface area contributed by atoms with Crippen molar-refractivity contribution >= 4 is 86.8 Å². The Morgan fingerprint density at radius 2 is 1.35 bits per heavy atom. The first-order chi connectivity index (χ1) is 25.3. The number of thiophene rings is 1. The predicted octanol–water partition coefficient (Wildman–Crippen LogP) is 12.4. The topological polar surface area (TPSA) is 42.8 Å². The molecule has 0 amide bonds. The molecule has 51 heavy (non-hydrogen) atoms. The molecule has 240 valence electrons. The van der Waals surface area contributed by atoms with Crippen LogP contribution in [0, 0.1) is 0 Å². The Bertz CT molecular complexity index is 3060. The summed E-state index contributed by atoms with van der Waals surface area (Å²) in [6.07, 6.45) is 0.745. The van der Waals surface area contributed by atoms with Gasteiger partial charge >= 0.3 is 0 Å². The smallest absolute Gasteiger partial charge is 0.156 e. The molecule has 4 nitrogen and oxygen atoms in total. The number of benzene rings is 7. The molecule has 3 aromatic heterocycles.